The third kappa shape index (κ3) is 3.70. The largest absolute Gasteiger partial charge is 0.482 e. The second kappa shape index (κ2) is 9.16. The highest BCUT2D eigenvalue weighted by Crippen LogP contribution is 2.60. The molecule has 0 amide bonds. The van der Waals surface area contributed by atoms with Crippen LogP contribution in [0.4, 0.5) is 0 Å². The minimum absolute atomic E-state index is 0.173. The minimum Gasteiger partial charge on any atom is -0.482 e. The van der Waals surface area contributed by atoms with Crippen LogP contribution in [0.15, 0.2) is 36.4 Å². The summed E-state index contributed by atoms with van der Waals surface area (Å²) in [6.07, 6.45) is 8.21. The molecule has 0 radical (unpaired) electrons. The van der Waals surface area contributed by atoms with Gasteiger partial charge in [0, 0.05) is 16.9 Å². The van der Waals surface area contributed by atoms with Crippen molar-refractivity contribution in [2.24, 2.45) is 5.92 Å². The van der Waals surface area contributed by atoms with Gasteiger partial charge in [-0.1, -0.05) is 82.9 Å². The zero-order valence-electron chi connectivity index (χ0n) is 20.4. The number of hydrogen-bond acceptors (Lipinski definition) is 1. The van der Waals surface area contributed by atoms with E-state index in [0.717, 1.165) is 25.0 Å². The molecule has 0 aliphatic carbocycles. The Hall–Kier alpha value is -1.76. The molecule has 1 aliphatic heterocycles. The average Bonchev–Trinajstić information content (AvgIpc) is 2.68. The van der Waals surface area contributed by atoms with E-state index in [1.807, 2.05) is 0 Å². The average molecular weight is 407 g/mol. The van der Waals surface area contributed by atoms with Gasteiger partial charge in [-0.05, 0) is 69.2 Å². The third-order valence-electron chi connectivity index (χ3n) is 7.46. The van der Waals surface area contributed by atoms with E-state index in [9.17, 15) is 0 Å². The summed E-state index contributed by atoms with van der Waals surface area (Å²) in [4.78, 5) is 0. The monoisotopic (exact) mass is 406 g/mol. The van der Waals surface area contributed by atoms with Gasteiger partial charge in [0.25, 0.3) is 0 Å². The van der Waals surface area contributed by atoms with E-state index in [0.29, 0.717) is 5.92 Å². The summed E-state index contributed by atoms with van der Waals surface area (Å²) in [5, 5.41) is 0. The van der Waals surface area contributed by atoms with Gasteiger partial charge in [-0.25, -0.2) is 0 Å². The standard InChI is InChI=1S/C29H42O/c1-8-16-28(17-9-2)25-15-13-22(6)20-26(25)30-29(18-10-3,27(28)11-4)24-14-12-21(5)19-23(24)7/h12-15,19-20,27H,8-11,16-18H2,1-7H3. The Morgan fingerprint density at radius 3 is 1.83 bits per heavy atom. The Morgan fingerprint density at radius 1 is 0.733 bits per heavy atom. The quantitative estimate of drug-likeness (QED) is 0.426. The molecule has 2 atom stereocenters. The molecule has 0 saturated carbocycles. The molecule has 3 rings (SSSR count). The van der Waals surface area contributed by atoms with Gasteiger partial charge in [0.05, 0.1) is 0 Å². The maximum atomic E-state index is 7.20. The normalized spacial score (nSPS) is 22.4. The first-order valence-electron chi connectivity index (χ1n) is 12.3. The van der Waals surface area contributed by atoms with Crippen molar-refractivity contribution in [3.63, 3.8) is 0 Å². The van der Waals surface area contributed by atoms with Gasteiger partial charge in [-0.15, -0.1) is 0 Å². The number of benzene rings is 2. The van der Waals surface area contributed by atoms with Crippen LogP contribution >= 0.6 is 0 Å². The first-order valence-corrected chi connectivity index (χ1v) is 12.3. The lowest BCUT2D eigenvalue weighted by Gasteiger charge is -2.56. The summed E-state index contributed by atoms with van der Waals surface area (Å²) in [6.45, 7) is 16.1. The first-order chi connectivity index (χ1) is 14.4. The Labute approximate surface area is 185 Å². The van der Waals surface area contributed by atoms with Crippen LogP contribution in [0.25, 0.3) is 0 Å². The Kier molecular flexibility index (Phi) is 7.00. The topological polar surface area (TPSA) is 9.23 Å². The highest BCUT2D eigenvalue weighted by atomic mass is 16.5. The van der Waals surface area contributed by atoms with E-state index >= 15 is 0 Å². The third-order valence-corrected chi connectivity index (χ3v) is 7.46. The maximum absolute atomic E-state index is 7.20. The van der Waals surface area contributed by atoms with Gasteiger partial charge in [0.15, 0.2) is 0 Å². The highest BCUT2D eigenvalue weighted by molar-refractivity contribution is 5.49. The van der Waals surface area contributed by atoms with Crippen LogP contribution in [-0.2, 0) is 11.0 Å². The van der Waals surface area contributed by atoms with Gasteiger partial charge in [0.2, 0.25) is 0 Å². The lowest BCUT2D eigenvalue weighted by molar-refractivity contribution is -0.0730. The number of aryl methyl sites for hydroxylation is 3. The molecule has 30 heavy (non-hydrogen) atoms. The van der Waals surface area contributed by atoms with E-state index in [4.69, 9.17) is 4.74 Å². The molecule has 0 spiro atoms. The number of fused-ring (bicyclic) bond motifs is 1. The van der Waals surface area contributed by atoms with Crippen LogP contribution in [0.3, 0.4) is 0 Å². The Balaban J connectivity index is 2.37. The van der Waals surface area contributed by atoms with Crippen LogP contribution in [0, 0.1) is 26.7 Å². The van der Waals surface area contributed by atoms with Gasteiger partial charge < -0.3 is 4.74 Å². The molecule has 2 unspecified atom stereocenters. The first kappa shape index (κ1) is 22.9. The number of rotatable bonds is 8. The van der Waals surface area contributed by atoms with Crippen molar-refractivity contribution >= 4 is 0 Å². The van der Waals surface area contributed by atoms with Crippen molar-refractivity contribution in [1.82, 2.24) is 0 Å². The van der Waals surface area contributed by atoms with Crippen molar-refractivity contribution in [2.75, 3.05) is 0 Å². The molecular weight excluding hydrogens is 364 g/mol. The SMILES string of the molecule is CCCC1(CCC)c2ccc(C)cc2OC(CCC)(c2ccc(C)cc2C)C1CC. The van der Waals surface area contributed by atoms with Crippen LogP contribution in [0.5, 0.6) is 5.75 Å². The van der Waals surface area contributed by atoms with Gasteiger partial charge >= 0.3 is 0 Å². The summed E-state index contributed by atoms with van der Waals surface area (Å²) in [5.41, 5.74) is 6.77. The number of ether oxygens (including phenoxy) is 1. The van der Waals surface area contributed by atoms with Crippen LogP contribution < -0.4 is 4.74 Å². The maximum Gasteiger partial charge on any atom is 0.138 e. The molecule has 0 fully saturated rings. The summed E-state index contributed by atoms with van der Waals surface area (Å²) in [5.74, 6) is 1.61. The molecule has 1 aliphatic rings. The zero-order chi connectivity index (χ0) is 21.9. The summed E-state index contributed by atoms with van der Waals surface area (Å²) >= 11 is 0. The van der Waals surface area contributed by atoms with Gasteiger partial charge in [-0.2, -0.15) is 0 Å². The predicted molar refractivity (Wildman–Crippen MR) is 130 cm³/mol. The molecule has 0 N–H and O–H groups in total. The molecule has 164 valence electrons. The predicted octanol–water partition coefficient (Wildman–Crippen LogP) is 8.56. The molecule has 0 saturated heterocycles. The van der Waals surface area contributed by atoms with Crippen LogP contribution in [0.1, 0.15) is 100 Å². The van der Waals surface area contributed by atoms with Gasteiger partial charge in [0.1, 0.15) is 11.4 Å². The summed E-state index contributed by atoms with van der Waals surface area (Å²) in [6, 6.07) is 14.0. The Bertz CT molecular complexity index is 859. The second-order valence-corrected chi connectivity index (χ2v) is 9.68. The van der Waals surface area contributed by atoms with E-state index in [2.05, 4.69) is 84.9 Å². The van der Waals surface area contributed by atoms with Crippen molar-refractivity contribution in [3.05, 3.63) is 64.2 Å². The molecule has 1 heteroatoms. The molecule has 0 aromatic heterocycles. The smallest absolute Gasteiger partial charge is 0.138 e. The second-order valence-electron chi connectivity index (χ2n) is 9.68. The fraction of sp³-hybridized carbons (Fsp3) is 0.586. The Morgan fingerprint density at radius 2 is 1.30 bits per heavy atom. The van der Waals surface area contributed by atoms with Crippen LogP contribution in [-0.4, -0.2) is 0 Å². The molecule has 1 heterocycles. The fourth-order valence-electron chi connectivity index (χ4n) is 6.64. The van der Waals surface area contributed by atoms with Crippen molar-refractivity contribution in [2.45, 2.75) is 104 Å². The number of hydrogen-bond donors (Lipinski definition) is 0. The lowest BCUT2D eigenvalue weighted by atomic mass is 9.54. The summed E-state index contributed by atoms with van der Waals surface area (Å²) in [7, 11) is 0. The van der Waals surface area contributed by atoms with Gasteiger partial charge in [-0.3, -0.25) is 0 Å². The van der Waals surface area contributed by atoms with E-state index < -0.39 is 0 Å². The molecule has 2 aromatic rings. The highest BCUT2D eigenvalue weighted by Gasteiger charge is 2.56. The molecule has 1 nitrogen and oxygen atoms in total. The van der Waals surface area contributed by atoms with Crippen molar-refractivity contribution < 1.29 is 4.74 Å². The van der Waals surface area contributed by atoms with E-state index in [1.165, 1.54) is 53.5 Å². The fourth-order valence-corrected chi connectivity index (χ4v) is 6.64. The lowest BCUT2D eigenvalue weighted by Crippen LogP contribution is -2.55. The van der Waals surface area contributed by atoms with Crippen molar-refractivity contribution in [1.29, 1.82) is 0 Å². The minimum atomic E-state index is -0.258. The van der Waals surface area contributed by atoms with E-state index in [-0.39, 0.29) is 11.0 Å². The molecule has 2 aromatic carbocycles. The van der Waals surface area contributed by atoms with Crippen molar-refractivity contribution in [3.8, 4) is 5.75 Å². The molecule has 0 bridgehead atoms. The summed E-state index contributed by atoms with van der Waals surface area (Å²) < 4.78 is 7.20. The van der Waals surface area contributed by atoms with Crippen LogP contribution in [0.2, 0.25) is 0 Å². The zero-order valence-corrected chi connectivity index (χ0v) is 20.4. The van der Waals surface area contributed by atoms with E-state index in [1.54, 1.807) is 0 Å². The molecular formula is C29H42O.